The maximum Gasteiger partial charge on any atom is 0.165 e. The first-order valence-corrected chi connectivity index (χ1v) is 7.59. The molecule has 3 rings (SSSR count). The number of benzene rings is 1. The van der Waals surface area contributed by atoms with E-state index in [0.29, 0.717) is 11.6 Å². The Morgan fingerprint density at radius 1 is 1.42 bits per heavy atom. The molecular weight excluding hydrogens is 263 g/mol. The van der Waals surface area contributed by atoms with Gasteiger partial charge in [0.05, 0.1) is 7.11 Å². The second-order valence-electron chi connectivity index (χ2n) is 6.22. The van der Waals surface area contributed by atoms with Crippen LogP contribution < -0.4 is 4.74 Å². The van der Waals surface area contributed by atoms with E-state index in [1.165, 1.54) is 32.8 Å². The number of fused-ring (bicyclic) bond motifs is 2. The van der Waals surface area contributed by atoms with Crippen molar-refractivity contribution in [1.82, 2.24) is 0 Å². The van der Waals surface area contributed by atoms with Crippen LogP contribution in [0.25, 0.3) is 0 Å². The van der Waals surface area contributed by atoms with Crippen LogP contribution in [0.15, 0.2) is 18.2 Å². The lowest BCUT2D eigenvalue weighted by molar-refractivity contribution is 0.193. The van der Waals surface area contributed by atoms with Crippen molar-refractivity contribution in [3.05, 3.63) is 29.6 Å². The fourth-order valence-corrected chi connectivity index (χ4v) is 4.63. The lowest BCUT2D eigenvalue weighted by atomic mass is 9.71. The number of hydrogen-bond donors (Lipinski definition) is 0. The van der Waals surface area contributed by atoms with Gasteiger partial charge in [0.25, 0.3) is 0 Å². The standard InChI is InChI=1S/C16H20ClFO/c1-19-15-5-3-12(7-14(15)18)9-16(10-17)8-11-2-4-13(16)6-11/h3,5,7,11,13H,2,4,6,8-10H2,1H3. The van der Waals surface area contributed by atoms with Crippen LogP contribution in [0.3, 0.4) is 0 Å². The molecule has 0 saturated heterocycles. The summed E-state index contributed by atoms with van der Waals surface area (Å²) in [6.07, 6.45) is 6.11. The number of hydrogen-bond acceptors (Lipinski definition) is 1. The molecule has 1 aromatic rings. The van der Waals surface area contributed by atoms with E-state index in [2.05, 4.69) is 0 Å². The molecule has 0 aliphatic heterocycles. The summed E-state index contributed by atoms with van der Waals surface area (Å²) in [7, 11) is 1.49. The predicted molar refractivity (Wildman–Crippen MR) is 75.3 cm³/mol. The summed E-state index contributed by atoms with van der Waals surface area (Å²) < 4.78 is 18.8. The second kappa shape index (κ2) is 4.97. The van der Waals surface area contributed by atoms with Crippen molar-refractivity contribution in [3.63, 3.8) is 0 Å². The Morgan fingerprint density at radius 2 is 2.26 bits per heavy atom. The quantitative estimate of drug-likeness (QED) is 0.743. The van der Waals surface area contributed by atoms with Crippen LogP contribution >= 0.6 is 11.6 Å². The smallest absolute Gasteiger partial charge is 0.165 e. The van der Waals surface area contributed by atoms with Crippen LogP contribution in [0.5, 0.6) is 5.75 Å². The molecule has 104 valence electrons. The number of methoxy groups -OCH3 is 1. The summed E-state index contributed by atoms with van der Waals surface area (Å²) in [5.74, 6) is 2.33. The molecule has 3 heteroatoms. The second-order valence-corrected chi connectivity index (χ2v) is 6.49. The van der Waals surface area contributed by atoms with Gasteiger partial charge in [-0.15, -0.1) is 11.6 Å². The van der Waals surface area contributed by atoms with Gasteiger partial charge in [0.1, 0.15) is 0 Å². The molecule has 0 amide bonds. The first-order valence-electron chi connectivity index (χ1n) is 7.05. The maximum absolute atomic E-state index is 13.8. The lowest BCUT2D eigenvalue weighted by Crippen LogP contribution is -2.32. The van der Waals surface area contributed by atoms with E-state index in [0.717, 1.165) is 23.8 Å². The minimum atomic E-state index is -0.270. The van der Waals surface area contributed by atoms with E-state index in [-0.39, 0.29) is 11.2 Å². The number of alkyl halides is 1. The molecule has 3 unspecified atom stereocenters. The molecule has 0 N–H and O–H groups in total. The first kappa shape index (κ1) is 13.2. The van der Waals surface area contributed by atoms with Gasteiger partial charge in [0, 0.05) is 5.88 Å². The number of halogens is 2. The molecule has 1 aromatic carbocycles. The van der Waals surface area contributed by atoms with Crippen molar-refractivity contribution in [2.24, 2.45) is 17.3 Å². The zero-order chi connectivity index (χ0) is 13.5. The SMILES string of the molecule is COc1ccc(CC2(CCl)CC3CCC2C3)cc1F. The summed E-state index contributed by atoms with van der Waals surface area (Å²) in [4.78, 5) is 0. The van der Waals surface area contributed by atoms with Gasteiger partial charge >= 0.3 is 0 Å². The molecule has 19 heavy (non-hydrogen) atoms. The fraction of sp³-hybridized carbons (Fsp3) is 0.625. The van der Waals surface area contributed by atoms with Gasteiger partial charge in [-0.1, -0.05) is 12.5 Å². The Hall–Kier alpha value is -0.760. The molecule has 0 spiro atoms. The summed E-state index contributed by atoms with van der Waals surface area (Å²) in [6.45, 7) is 0. The average Bonchev–Trinajstić information content (AvgIpc) is 3.00. The van der Waals surface area contributed by atoms with E-state index in [1.807, 2.05) is 6.07 Å². The predicted octanol–water partition coefficient (Wildman–Crippen LogP) is 4.42. The van der Waals surface area contributed by atoms with Crippen molar-refractivity contribution in [2.75, 3.05) is 13.0 Å². The number of rotatable bonds is 4. The fourth-order valence-electron chi connectivity index (χ4n) is 4.21. The minimum Gasteiger partial charge on any atom is -0.494 e. The highest BCUT2D eigenvalue weighted by Crippen LogP contribution is 2.57. The topological polar surface area (TPSA) is 9.23 Å². The van der Waals surface area contributed by atoms with Gasteiger partial charge < -0.3 is 4.74 Å². The molecule has 0 aromatic heterocycles. The minimum absolute atomic E-state index is 0.200. The Morgan fingerprint density at radius 3 is 2.79 bits per heavy atom. The monoisotopic (exact) mass is 282 g/mol. The Bertz CT molecular complexity index is 476. The Kier molecular flexibility index (Phi) is 3.46. The first-order chi connectivity index (χ1) is 9.16. The van der Waals surface area contributed by atoms with Gasteiger partial charge in [-0.3, -0.25) is 0 Å². The van der Waals surface area contributed by atoms with Gasteiger partial charge in [0.15, 0.2) is 11.6 Å². The molecule has 0 radical (unpaired) electrons. The van der Waals surface area contributed by atoms with Crippen LogP contribution in [-0.2, 0) is 6.42 Å². The van der Waals surface area contributed by atoms with Crippen LogP contribution in [0.2, 0.25) is 0 Å². The van der Waals surface area contributed by atoms with Crippen LogP contribution in [0, 0.1) is 23.1 Å². The van der Waals surface area contributed by atoms with E-state index in [1.54, 1.807) is 12.1 Å². The average molecular weight is 283 g/mol. The zero-order valence-corrected chi connectivity index (χ0v) is 12.0. The van der Waals surface area contributed by atoms with Gasteiger partial charge in [-0.2, -0.15) is 0 Å². The molecule has 3 atom stereocenters. The maximum atomic E-state index is 13.8. The Labute approximate surface area is 119 Å². The van der Waals surface area contributed by atoms with Crippen molar-refractivity contribution < 1.29 is 9.13 Å². The molecule has 2 saturated carbocycles. The molecular formula is C16H20ClFO. The normalized spacial score (nSPS) is 32.8. The van der Waals surface area contributed by atoms with Gasteiger partial charge in [0.2, 0.25) is 0 Å². The molecule has 2 aliphatic rings. The van der Waals surface area contributed by atoms with Gasteiger partial charge in [-0.05, 0) is 60.6 Å². The third-order valence-corrected chi connectivity index (χ3v) is 5.67. The Balaban J connectivity index is 1.82. The highest BCUT2D eigenvalue weighted by Gasteiger charge is 2.50. The molecule has 2 fully saturated rings. The lowest BCUT2D eigenvalue weighted by Gasteiger charge is -2.36. The van der Waals surface area contributed by atoms with Crippen LogP contribution in [0.4, 0.5) is 4.39 Å². The molecule has 2 aliphatic carbocycles. The summed E-state index contributed by atoms with van der Waals surface area (Å²) in [5, 5.41) is 0. The molecule has 1 nitrogen and oxygen atoms in total. The van der Waals surface area contributed by atoms with Crippen molar-refractivity contribution in [2.45, 2.75) is 32.1 Å². The zero-order valence-electron chi connectivity index (χ0n) is 11.3. The highest BCUT2D eigenvalue weighted by atomic mass is 35.5. The third-order valence-electron chi connectivity index (χ3n) is 5.14. The van der Waals surface area contributed by atoms with Crippen molar-refractivity contribution >= 4 is 11.6 Å². The van der Waals surface area contributed by atoms with Crippen LogP contribution in [0.1, 0.15) is 31.2 Å². The molecule has 0 heterocycles. The van der Waals surface area contributed by atoms with E-state index < -0.39 is 0 Å². The summed E-state index contributed by atoms with van der Waals surface area (Å²) >= 11 is 6.29. The highest BCUT2D eigenvalue weighted by molar-refractivity contribution is 6.18. The van der Waals surface area contributed by atoms with Crippen molar-refractivity contribution in [3.8, 4) is 5.75 Å². The van der Waals surface area contributed by atoms with E-state index in [9.17, 15) is 4.39 Å². The third kappa shape index (κ3) is 2.24. The number of ether oxygens (including phenoxy) is 1. The largest absolute Gasteiger partial charge is 0.494 e. The van der Waals surface area contributed by atoms with Crippen molar-refractivity contribution in [1.29, 1.82) is 0 Å². The summed E-state index contributed by atoms with van der Waals surface area (Å²) in [5.41, 5.74) is 1.25. The van der Waals surface area contributed by atoms with E-state index in [4.69, 9.17) is 16.3 Å². The van der Waals surface area contributed by atoms with Gasteiger partial charge in [-0.25, -0.2) is 4.39 Å². The molecule has 2 bridgehead atoms. The summed E-state index contributed by atoms with van der Waals surface area (Å²) in [6, 6.07) is 5.31. The van der Waals surface area contributed by atoms with Crippen LogP contribution in [-0.4, -0.2) is 13.0 Å². The van der Waals surface area contributed by atoms with E-state index >= 15 is 0 Å².